The molecule has 188 valence electrons. The van der Waals surface area contributed by atoms with Crippen molar-refractivity contribution in [2.45, 2.75) is 23.8 Å². The van der Waals surface area contributed by atoms with Crippen molar-refractivity contribution >= 4 is 49.4 Å². The lowest BCUT2D eigenvalue weighted by atomic mass is 10.1. The molecule has 0 saturated carbocycles. The van der Waals surface area contributed by atoms with Crippen molar-refractivity contribution in [2.24, 2.45) is 0 Å². The van der Waals surface area contributed by atoms with Crippen molar-refractivity contribution in [1.29, 1.82) is 0 Å². The number of thiazole rings is 1. The first kappa shape index (κ1) is 24.1. The summed E-state index contributed by atoms with van der Waals surface area (Å²) < 4.78 is 17.5. The van der Waals surface area contributed by atoms with E-state index in [1.807, 2.05) is 40.1 Å². The summed E-state index contributed by atoms with van der Waals surface area (Å²) in [5.41, 5.74) is 3.70. The molecule has 7 nitrogen and oxygen atoms in total. The summed E-state index contributed by atoms with van der Waals surface area (Å²) in [7, 11) is -2.55. The summed E-state index contributed by atoms with van der Waals surface area (Å²) in [6.07, 6.45) is 5.43. The molecule has 1 saturated heterocycles. The van der Waals surface area contributed by atoms with Crippen molar-refractivity contribution < 1.29 is 4.21 Å². The van der Waals surface area contributed by atoms with Crippen LogP contribution in [0.25, 0.3) is 27.6 Å². The molecule has 4 heterocycles. The Morgan fingerprint density at radius 1 is 1.03 bits per heavy atom. The van der Waals surface area contributed by atoms with Gasteiger partial charge in [-0.05, 0) is 49.0 Å². The Morgan fingerprint density at radius 2 is 1.78 bits per heavy atom. The maximum Gasteiger partial charge on any atom is 0.223 e. The van der Waals surface area contributed by atoms with E-state index in [0.29, 0.717) is 29.0 Å². The lowest BCUT2D eigenvalue weighted by Gasteiger charge is -2.34. The van der Waals surface area contributed by atoms with E-state index in [-0.39, 0.29) is 6.04 Å². The summed E-state index contributed by atoms with van der Waals surface area (Å²) in [6.45, 7) is 1.33. The van der Waals surface area contributed by atoms with E-state index in [2.05, 4.69) is 32.7 Å². The van der Waals surface area contributed by atoms with Gasteiger partial charge in [0.05, 0.1) is 21.1 Å². The zero-order valence-electron chi connectivity index (χ0n) is 20.0. The highest BCUT2D eigenvalue weighted by molar-refractivity contribution is 7.98. The van der Waals surface area contributed by atoms with Gasteiger partial charge in [-0.1, -0.05) is 41.9 Å². The van der Waals surface area contributed by atoms with Gasteiger partial charge in [-0.2, -0.15) is 0 Å². The minimum atomic E-state index is -2.55. The van der Waals surface area contributed by atoms with Gasteiger partial charge >= 0.3 is 0 Å². The van der Waals surface area contributed by atoms with Gasteiger partial charge in [-0.25, -0.2) is 23.5 Å². The lowest BCUT2D eigenvalue weighted by Crippen LogP contribution is -2.42. The monoisotopic (exact) mass is 548 g/mol. The highest BCUT2D eigenvalue weighted by atomic mass is 35.5. The Bertz CT molecular complexity index is 1640. The molecule has 1 fully saturated rings. The van der Waals surface area contributed by atoms with Gasteiger partial charge in [0, 0.05) is 52.4 Å². The standard InChI is InChI=1S/C27H25ClN6OS2/c1-37(35,22-9-7-20(28)8-10-22)33-15-12-21(13-16-33)30-26-29-14-11-23(31-26)25-24(19-5-3-2-4-6-19)32-27-34(25)17-18-36-27/h2-11,14,17-18,21H,1,12-13,15-16H2,(H,29,30,31). The maximum absolute atomic E-state index is 13.4. The maximum atomic E-state index is 13.4. The molecule has 6 rings (SSSR count). The number of fused-ring (bicyclic) bond motifs is 1. The van der Waals surface area contributed by atoms with Gasteiger partial charge in [0.15, 0.2) is 4.96 Å². The summed E-state index contributed by atoms with van der Waals surface area (Å²) >= 11 is 7.60. The highest BCUT2D eigenvalue weighted by Crippen LogP contribution is 2.33. The highest BCUT2D eigenvalue weighted by Gasteiger charge is 2.26. The zero-order chi connectivity index (χ0) is 25.4. The first-order valence-electron chi connectivity index (χ1n) is 12.0. The number of rotatable bonds is 6. The normalized spacial score (nSPS) is 16.6. The van der Waals surface area contributed by atoms with E-state index < -0.39 is 9.71 Å². The van der Waals surface area contributed by atoms with Crippen LogP contribution in [0.2, 0.25) is 5.02 Å². The minimum Gasteiger partial charge on any atom is -0.351 e. The van der Waals surface area contributed by atoms with Gasteiger partial charge in [0.2, 0.25) is 5.95 Å². The Balaban J connectivity index is 1.20. The van der Waals surface area contributed by atoms with Crippen molar-refractivity contribution in [3.05, 3.63) is 83.5 Å². The third kappa shape index (κ3) is 4.75. The van der Waals surface area contributed by atoms with Gasteiger partial charge in [0.1, 0.15) is 5.69 Å². The van der Waals surface area contributed by atoms with Gasteiger partial charge in [-0.15, -0.1) is 11.3 Å². The Morgan fingerprint density at radius 3 is 2.54 bits per heavy atom. The molecule has 0 aliphatic carbocycles. The second-order valence-corrected chi connectivity index (χ2v) is 12.5. The van der Waals surface area contributed by atoms with Gasteiger partial charge in [0.25, 0.3) is 0 Å². The van der Waals surface area contributed by atoms with Gasteiger partial charge < -0.3 is 5.32 Å². The van der Waals surface area contributed by atoms with Crippen LogP contribution in [0.1, 0.15) is 12.8 Å². The molecule has 0 bridgehead atoms. The number of hydrogen-bond donors (Lipinski definition) is 1. The SMILES string of the molecule is C=S(=O)(c1ccc(Cl)cc1)N1CCC(Nc2nccc(-c3c(-c4ccccc4)nc4sccn34)n2)CC1. The van der Waals surface area contributed by atoms with E-state index in [4.69, 9.17) is 21.6 Å². The first-order chi connectivity index (χ1) is 18.0. The number of imidazole rings is 1. The quantitative estimate of drug-likeness (QED) is 0.274. The molecule has 1 unspecified atom stereocenters. The summed E-state index contributed by atoms with van der Waals surface area (Å²) in [6, 6.07) is 19.4. The van der Waals surface area contributed by atoms with Crippen LogP contribution in [0.4, 0.5) is 5.95 Å². The average molecular weight is 549 g/mol. The van der Waals surface area contributed by atoms with E-state index in [1.165, 1.54) is 0 Å². The smallest absolute Gasteiger partial charge is 0.223 e. The number of piperidine rings is 1. The largest absolute Gasteiger partial charge is 0.351 e. The summed E-state index contributed by atoms with van der Waals surface area (Å²) in [4.78, 5) is 15.9. The number of anilines is 1. The van der Waals surface area contributed by atoms with Crippen LogP contribution in [0, 0.1) is 0 Å². The Hall–Kier alpha value is -3.24. The van der Waals surface area contributed by atoms with Crippen LogP contribution in [0.3, 0.4) is 0 Å². The van der Waals surface area contributed by atoms with E-state index in [1.54, 1.807) is 41.8 Å². The lowest BCUT2D eigenvalue weighted by molar-refractivity contribution is 0.344. The molecule has 0 radical (unpaired) electrons. The number of halogens is 1. The second-order valence-electron chi connectivity index (χ2n) is 8.94. The molecule has 0 spiro atoms. The van der Waals surface area contributed by atoms with Crippen molar-refractivity contribution in [3.8, 4) is 22.6 Å². The van der Waals surface area contributed by atoms with E-state index >= 15 is 0 Å². The summed E-state index contributed by atoms with van der Waals surface area (Å²) in [5, 5.41) is 6.15. The predicted octanol–water partition coefficient (Wildman–Crippen LogP) is 5.74. The molecule has 0 amide bonds. The van der Waals surface area contributed by atoms with Crippen molar-refractivity contribution in [2.75, 3.05) is 18.4 Å². The number of aromatic nitrogens is 4. The molecular weight excluding hydrogens is 524 g/mol. The van der Waals surface area contributed by atoms with Crippen LogP contribution < -0.4 is 5.32 Å². The van der Waals surface area contributed by atoms with E-state index in [9.17, 15) is 4.21 Å². The first-order valence-corrected chi connectivity index (χ1v) is 14.9. The summed E-state index contributed by atoms with van der Waals surface area (Å²) in [5.74, 6) is 4.63. The van der Waals surface area contributed by atoms with Crippen molar-refractivity contribution in [3.63, 3.8) is 0 Å². The second kappa shape index (κ2) is 9.90. The molecule has 1 atom stereocenters. The molecule has 1 N–H and O–H groups in total. The number of nitrogens with zero attached hydrogens (tertiary/aromatic N) is 5. The third-order valence-corrected chi connectivity index (χ3v) is 9.81. The minimum absolute atomic E-state index is 0.173. The molecule has 5 aromatic rings. The number of hydrogen-bond acceptors (Lipinski definition) is 6. The van der Waals surface area contributed by atoms with Crippen LogP contribution in [0.5, 0.6) is 0 Å². The van der Waals surface area contributed by atoms with Crippen LogP contribution in [-0.4, -0.2) is 52.9 Å². The third-order valence-electron chi connectivity index (χ3n) is 6.59. The predicted molar refractivity (Wildman–Crippen MR) is 153 cm³/mol. The molecule has 1 aliphatic heterocycles. The Labute approximate surface area is 224 Å². The van der Waals surface area contributed by atoms with Gasteiger partial charge in [-0.3, -0.25) is 4.40 Å². The topological polar surface area (TPSA) is 75.4 Å². The fourth-order valence-electron chi connectivity index (χ4n) is 4.66. The Kier molecular flexibility index (Phi) is 6.46. The van der Waals surface area contributed by atoms with Crippen LogP contribution >= 0.6 is 22.9 Å². The van der Waals surface area contributed by atoms with Crippen LogP contribution in [-0.2, 0) is 9.71 Å². The molecule has 1 aliphatic rings. The zero-order valence-corrected chi connectivity index (χ0v) is 22.3. The van der Waals surface area contributed by atoms with Crippen LogP contribution in [0.15, 0.2) is 83.3 Å². The van der Waals surface area contributed by atoms with E-state index in [0.717, 1.165) is 40.4 Å². The molecule has 10 heteroatoms. The molecule has 3 aromatic heterocycles. The molecule has 2 aromatic carbocycles. The average Bonchev–Trinajstić information content (AvgIpc) is 3.52. The molecular formula is C27H25ClN6OS2. The molecule has 37 heavy (non-hydrogen) atoms. The fraction of sp³-hybridized carbons (Fsp3) is 0.185. The number of benzene rings is 2. The fourth-order valence-corrected chi connectivity index (χ4v) is 7.16. The van der Waals surface area contributed by atoms with Crippen molar-refractivity contribution in [1.82, 2.24) is 23.7 Å². The number of nitrogens with one attached hydrogen (secondary N) is 1.